The number of nitrogens with one attached hydrogen (secondary N) is 1. The van der Waals surface area contributed by atoms with Gasteiger partial charge in [-0.3, -0.25) is 14.6 Å². The van der Waals surface area contributed by atoms with E-state index in [-0.39, 0.29) is 11.7 Å². The predicted molar refractivity (Wildman–Crippen MR) is 100 cm³/mol. The van der Waals surface area contributed by atoms with Gasteiger partial charge in [-0.25, -0.2) is 4.98 Å². The van der Waals surface area contributed by atoms with E-state index in [9.17, 15) is 18.0 Å². The standard InChI is InChI=1S/C18H21F3N4O2S/c1-13(26)22-17-23-15(12-28-17)11-25-8-6-24(7-9-25)10-14-2-4-16(5-3-14)27-18(19,20)21/h2-5,12H,6-11H2,1H3,(H,22,23,26). The third-order valence-corrected chi connectivity index (χ3v) is 5.05. The van der Waals surface area contributed by atoms with Gasteiger partial charge in [0.2, 0.25) is 5.91 Å². The summed E-state index contributed by atoms with van der Waals surface area (Å²) in [7, 11) is 0. The molecule has 0 aliphatic carbocycles. The molecule has 0 radical (unpaired) electrons. The molecule has 1 aliphatic heterocycles. The maximum Gasteiger partial charge on any atom is 0.573 e. The molecule has 1 aliphatic rings. The van der Waals surface area contributed by atoms with Crippen LogP contribution in [-0.4, -0.2) is 53.2 Å². The maximum absolute atomic E-state index is 12.2. The number of thiazole rings is 1. The van der Waals surface area contributed by atoms with Crippen LogP contribution in [0.3, 0.4) is 0 Å². The van der Waals surface area contributed by atoms with Crippen molar-refractivity contribution in [1.29, 1.82) is 0 Å². The summed E-state index contributed by atoms with van der Waals surface area (Å²) < 4.78 is 40.5. The summed E-state index contributed by atoms with van der Waals surface area (Å²) in [5, 5.41) is 5.24. The van der Waals surface area contributed by atoms with Crippen LogP contribution in [0.25, 0.3) is 0 Å². The largest absolute Gasteiger partial charge is 0.573 e. The second-order valence-electron chi connectivity index (χ2n) is 6.57. The van der Waals surface area contributed by atoms with E-state index in [1.54, 1.807) is 12.1 Å². The van der Waals surface area contributed by atoms with Gasteiger partial charge in [0.05, 0.1) is 5.69 Å². The molecule has 0 atom stereocenters. The molecule has 28 heavy (non-hydrogen) atoms. The molecule has 152 valence electrons. The molecule has 1 N–H and O–H groups in total. The number of benzene rings is 1. The van der Waals surface area contributed by atoms with Crippen LogP contribution in [0.15, 0.2) is 29.6 Å². The average Bonchev–Trinajstić information content (AvgIpc) is 3.03. The highest BCUT2D eigenvalue weighted by Crippen LogP contribution is 2.23. The molecule has 1 amide bonds. The van der Waals surface area contributed by atoms with Crippen LogP contribution in [0, 0.1) is 0 Å². The summed E-state index contributed by atoms with van der Waals surface area (Å²) in [6.07, 6.45) is -4.67. The third-order valence-electron chi connectivity index (χ3n) is 4.25. The number of aromatic nitrogens is 1. The van der Waals surface area contributed by atoms with Crippen LogP contribution in [0.1, 0.15) is 18.2 Å². The number of halogens is 3. The Morgan fingerprint density at radius 3 is 2.32 bits per heavy atom. The van der Waals surface area contributed by atoms with Crippen molar-refractivity contribution in [2.45, 2.75) is 26.4 Å². The van der Waals surface area contributed by atoms with Gasteiger partial charge in [-0.15, -0.1) is 24.5 Å². The lowest BCUT2D eigenvalue weighted by atomic mass is 10.2. The van der Waals surface area contributed by atoms with Gasteiger partial charge in [0, 0.05) is 51.6 Å². The second-order valence-corrected chi connectivity index (χ2v) is 7.43. The first-order valence-corrected chi connectivity index (χ1v) is 9.66. The molecule has 2 aromatic rings. The van der Waals surface area contributed by atoms with Gasteiger partial charge in [0.25, 0.3) is 0 Å². The fourth-order valence-electron chi connectivity index (χ4n) is 2.98. The van der Waals surface area contributed by atoms with E-state index in [1.165, 1.54) is 30.4 Å². The maximum atomic E-state index is 12.2. The highest BCUT2D eigenvalue weighted by atomic mass is 32.1. The van der Waals surface area contributed by atoms with E-state index < -0.39 is 6.36 Å². The molecule has 2 heterocycles. The minimum atomic E-state index is -4.67. The van der Waals surface area contributed by atoms with E-state index in [0.29, 0.717) is 11.7 Å². The number of nitrogens with zero attached hydrogens (tertiary/aromatic N) is 3. The Hall–Kier alpha value is -2.17. The Kier molecular flexibility index (Phi) is 6.53. The molecule has 1 aromatic heterocycles. The number of amides is 1. The summed E-state index contributed by atoms with van der Waals surface area (Å²) in [6.45, 7) is 6.35. The number of ether oxygens (including phenoxy) is 1. The second kappa shape index (κ2) is 8.89. The van der Waals surface area contributed by atoms with E-state index >= 15 is 0 Å². The average molecular weight is 414 g/mol. The van der Waals surface area contributed by atoms with Gasteiger partial charge in [0.1, 0.15) is 5.75 Å². The molecule has 1 saturated heterocycles. The molecule has 1 aromatic carbocycles. The van der Waals surface area contributed by atoms with Crippen molar-refractivity contribution in [3.63, 3.8) is 0 Å². The van der Waals surface area contributed by atoms with Crippen molar-refractivity contribution in [1.82, 2.24) is 14.8 Å². The summed E-state index contributed by atoms with van der Waals surface area (Å²) in [6, 6.07) is 6.00. The molecule has 0 bridgehead atoms. The van der Waals surface area contributed by atoms with Gasteiger partial charge in [-0.2, -0.15) is 0 Å². The Morgan fingerprint density at radius 2 is 1.75 bits per heavy atom. The van der Waals surface area contributed by atoms with Crippen LogP contribution < -0.4 is 10.1 Å². The molecule has 6 nitrogen and oxygen atoms in total. The highest BCUT2D eigenvalue weighted by Gasteiger charge is 2.31. The third kappa shape index (κ3) is 6.47. The van der Waals surface area contributed by atoms with Crippen LogP contribution in [0.2, 0.25) is 0 Å². The Morgan fingerprint density at radius 1 is 1.14 bits per heavy atom. The zero-order valence-electron chi connectivity index (χ0n) is 15.3. The quantitative estimate of drug-likeness (QED) is 0.786. The Labute approximate surface area is 164 Å². The Bertz CT molecular complexity index is 787. The summed E-state index contributed by atoms with van der Waals surface area (Å²) in [5.74, 6) is -0.338. The lowest BCUT2D eigenvalue weighted by molar-refractivity contribution is -0.274. The number of rotatable bonds is 6. The van der Waals surface area contributed by atoms with E-state index in [1.807, 2.05) is 5.38 Å². The first-order valence-electron chi connectivity index (χ1n) is 8.78. The number of hydrogen-bond donors (Lipinski definition) is 1. The number of hydrogen-bond acceptors (Lipinski definition) is 6. The van der Waals surface area contributed by atoms with Crippen LogP contribution in [-0.2, 0) is 17.9 Å². The van der Waals surface area contributed by atoms with E-state index in [4.69, 9.17) is 0 Å². The minimum Gasteiger partial charge on any atom is -0.406 e. The molecule has 0 spiro atoms. The lowest BCUT2D eigenvalue weighted by Crippen LogP contribution is -2.45. The van der Waals surface area contributed by atoms with Gasteiger partial charge in [0.15, 0.2) is 5.13 Å². The first kappa shape index (κ1) is 20.6. The molecule has 0 saturated carbocycles. The van der Waals surface area contributed by atoms with Crippen LogP contribution in [0.5, 0.6) is 5.75 Å². The lowest BCUT2D eigenvalue weighted by Gasteiger charge is -2.34. The number of piperazine rings is 1. The smallest absolute Gasteiger partial charge is 0.406 e. The molecule has 1 fully saturated rings. The summed E-state index contributed by atoms with van der Waals surface area (Å²) >= 11 is 1.41. The van der Waals surface area contributed by atoms with Crippen molar-refractivity contribution in [3.05, 3.63) is 40.9 Å². The normalized spacial score (nSPS) is 16.1. The van der Waals surface area contributed by atoms with Crippen molar-refractivity contribution >= 4 is 22.4 Å². The molecule has 3 rings (SSSR count). The van der Waals surface area contributed by atoms with Crippen LogP contribution >= 0.6 is 11.3 Å². The SMILES string of the molecule is CC(=O)Nc1nc(CN2CCN(Cc3ccc(OC(F)(F)F)cc3)CC2)cs1. The van der Waals surface area contributed by atoms with Gasteiger partial charge < -0.3 is 10.1 Å². The van der Waals surface area contributed by atoms with Crippen molar-refractivity contribution in [2.24, 2.45) is 0 Å². The van der Waals surface area contributed by atoms with Gasteiger partial charge in [-0.05, 0) is 17.7 Å². The van der Waals surface area contributed by atoms with Gasteiger partial charge in [-0.1, -0.05) is 12.1 Å². The number of anilines is 1. The van der Waals surface area contributed by atoms with Crippen molar-refractivity contribution in [2.75, 3.05) is 31.5 Å². The number of alkyl halides is 3. The zero-order valence-corrected chi connectivity index (χ0v) is 16.1. The molecular formula is C18H21F3N4O2S. The topological polar surface area (TPSA) is 57.7 Å². The van der Waals surface area contributed by atoms with Gasteiger partial charge >= 0.3 is 6.36 Å². The van der Waals surface area contributed by atoms with E-state index in [0.717, 1.165) is 44.0 Å². The molecular weight excluding hydrogens is 393 g/mol. The van der Waals surface area contributed by atoms with Crippen molar-refractivity contribution < 1.29 is 22.7 Å². The number of carbonyl (C=O) groups excluding carboxylic acids is 1. The zero-order chi connectivity index (χ0) is 20.1. The van der Waals surface area contributed by atoms with E-state index in [2.05, 4.69) is 24.8 Å². The summed E-state index contributed by atoms with van der Waals surface area (Å²) in [5.41, 5.74) is 1.88. The fourth-order valence-corrected chi connectivity index (χ4v) is 3.72. The summed E-state index contributed by atoms with van der Waals surface area (Å²) in [4.78, 5) is 20.0. The monoisotopic (exact) mass is 414 g/mol. The first-order chi connectivity index (χ1) is 13.3. The Balaban J connectivity index is 1.44. The van der Waals surface area contributed by atoms with Crippen LogP contribution in [0.4, 0.5) is 18.3 Å². The molecule has 0 unspecified atom stereocenters. The minimum absolute atomic E-state index is 0.132. The fraction of sp³-hybridized carbons (Fsp3) is 0.444. The highest BCUT2D eigenvalue weighted by molar-refractivity contribution is 7.13. The van der Waals surface area contributed by atoms with Crippen molar-refractivity contribution in [3.8, 4) is 5.75 Å². The predicted octanol–water partition coefficient (Wildman–Crippen LogP) is 3.32. The number of carbonyl (C=O) groups is 1. The molecule has 10 heteroatoms.